The summed E-state index contributed by atoms with van der Waals surface area (Å²) in [5.41, 5.74) is 0.655. The first kappa shape index (κ1) is 17.5. The zero-order valence-electron chi connectivity index (χ0n) is 12.8. The van der Waals surface area contributed by atoms with Crippen molar-refractivity contribution in [3.05, 3.63) is 40.0 Å². The van der Waals surface area contributed by atoms with Crippen LogP contribution in [0.1, 0.15) is 25.1 Å². The molecule has 0 amide bonds. The maximum absolute atomic E-state index is 13.0. The van der Waals surface area contributed by atoms with E-state index in [4.69, 9.17) is 0 Å². The van der Waals surface area contributed by atoms with Crippen molar-refractivity contribution in [1.29, 1.82) is 0 Å². The van der Waals surface area contributed by atoms with E-state index in [0.29, 0.717) is 5.69 Å². The number of hydrogen-bond acceptors (Lipinski definition) is 4. The molecule has 0 saturated carbocycles. The summed E-state index contributed by atoms with van der Waals surface area (Å²) in [4.78, 5) is 7.62. The first-order valence-corrected chi connectivity index (χ1v) is 7.70. The molecule has 1 heterocycles. The summed E-state index contributed by atoms with van der Waals surface area (Å²) in [5.74, 6) is 0.000544. The Bertz CT molecular complexity index is 702. The molecule has 1 aromatic heterocycles. The first-order valence-electron chi connectivity index (χ1n) is 6.91. The van der Waals surface area contributed by atoms with Gasteiger partial charge in [-0.1, -0.05) is 6.07 Å². The lowest BCUT2D eigenvalue weighted by Gasteiger charge is -2.15. The van der Waals surface area contributed by atoms with E-state index in [0.717, 1.165) is 16.1 Å². The van der Waals surface area contributed by atoms with Crippen LogP contribution in [0.3, 0.4) is 0 Å². The number of rotatable bonds is 4. The molecule has 2 N–H and O–H groups in total. The van der Waals surface area contributed by atoms with Crippen LogP contribution in [0.25, 0.3) is 0 Å². The van der Waals surface area contributed by atoms with E-state index < -0.39 is 11.9 Å². The Hall–Kier alpha value is -1.83. The highest BCUT2D eigenvalue weighted by atomic mass is 79.9. The zero-order chi connectivity index (χ0) is 17.2. The molecule has 23 heavy (non-hydrogen) atoms. The summed E-state index contributed by atoms with van der Waals surface area (Å²) in [7, 11) is 0. The third-order valence-electron chi connectivity index (χ3n) is 2.82. The van der Waals surface area contributed by atoms with Gasteiger partial charge in [0.15, 0.2) is 5.69 Å². The second-order valence-corrected chi connectivity index (χ2v) is 6.22. The van der Waals surface area contributed by atoms with E-state index in [2.05, 4.69) is 36.5 Å². The summed E-state index contributed by atoms with van der Waals surface area (Å²) < 4.78 is 39.7. The Morgan fingerprint density at radius 1 is 1.13 bits per heavy atom. The van der Waals surface area contributed by atoms with Gasteiger partial charge in [-0.25, -0.2) is 4.98 Å². The van der Waals surface area contributed by atoms with Crippen LogP contribution in [0, 0.1) is 6.92 Å². The van der Waals surface area contributed by atoms with E-state index in [1.807, 2.05) is 19.1 Å². The highest BCUT2D eigenvalue weighted by Crippen LogP contribution is 2.32. The molecule has 2 aromatic rings. The fraction of sp³-hybridized carbons (Fsp3) is 0.333. The van der Waals surface area contributed by atoms with E-state index in [9.17, 15) is 13.2 Å². The Labute approximate surface area is 140 Å². The van der Waals surface area contributed by atoms with E-state index in [-0.39, 0.29) is 17.8 Å². The second-order valence-electron chi connectivity index (χ2n) is 5.37. The number of aryl methyl sites for hydroxylation is 1. The average molecular weight is 389 g/mol. The largest absolute Gasteiger partial charge is 0.433 e. The molecule has 0 aliphatic heterocycles. The van der Waals surface area contributed by atoms with Gasteiger partial charge in [0, 0.05) is 16.6 Å². The molecule has 0 aliphatic carbocycles. The number of hydrogen-bond donors (Lipinski definition) is 2. The van der Waals surface area contributed by atoms with Crippen molar-refractivity contribution >= 4 is 33.4 Å². The molecule has 2 rings (SSSR count). The number of nitrogens with zero attached hydrogens (tertiary/aromatic N) is 2. The normalized spacial score (nSPS) is 11.7. The molecule has 124 valence electrons. The molecular formula is C15H16BrF3N4. The molecule has 0 unspecified atom stereocenters. The van der Waals surface area contributed by atoms with Crippen LogP contribution < -0.4 is 10.6 Å². The number of nitrogens with one attached hydrogen (secondary N) is 2. The summed E-state index contributed by atoms with van der Waals surface area (Å²) in [6.07, 6.45) is -4.54. The van der Waals surface area contributed by atoms with Crippen molar-refractivity contribution in [2.45, 2.75) is 33.0 Å². The molecule has 0 aliphatic rings. The Morgan fingerprint density at radius 3 is 2.39 bits per heavy atom. The first-order chi connectivity index (χ1) is 10.6. The summed E-state index contributed by atoms with van der Waals surface area (Å²) in [5, 5.41) is 5.68. The van der Waals surface area contributed by atoms with Gasteiger partial charge >= 0.3 is 6.18 Å². The van der Waals surface area contributed by atoms with Crippen LogP contribution in [0.4, 0.5) is 30.6 Å². The van der Waals surface area contributed by atoms with Crippen molar-refractivity contribution in [1.82, 2.24) is 9.97 Å². The number of alkyl halides is 3. The minimum absolute atomic E-state index is 0.0689. The molecule has 1 aromatic carbocycles. The van der Waals surface area contributed by atoms with Crippen molar-refractivity contribution in [3.63, 3.8) is 0 Å². The van der Waals surface area contributed by atoms with Crippen LogP contribution in [-0.2, 0) is 6.18 Å². The van der Waals surface area contributed by atoms with Gasteiger partial charge in [0.2, 0.25) is 5.95 Å². The molecule has 8 heteroatoms. The van der Waals surface area contributed by atoms with Crippen molar-refractivity contribution < 1.29 is 13.2 Å². The van der Waals surface area contributed by atoms with Gasteiger partial charge in [0.05, 0.1) is 5.69 Å². The van der Waals surface area contributed by atoms with Gasteiger partial charge in [-0.15, -0.1) is 0 Å². The SMILES string of the molecule is Cc1ccc(Nc2cc(C(F)(F)F)nc(NC(C)C)n2)c(Br)c1. The predicted molar refractivity (Wildman–Crippen MR) is 88.0 cm³/mol. The topological polar surface area (TPSA) is 49.8 Å². The van der Waals surface area contributed by atoms with Gasteiger partial charge < -0.3 is 10.6 Å². The number of halogens is 4. The lowest BCUT2D eigenvalue weighted by molar-refractivity contribution is -0.141. The van der Waals surface area contributed by atoms with Crippen LogP contribution in [0.5, 0.6) is 0 Å². The molecule has 0 radical (unpaired) electrons. The lowest BCUT2D eigenvalue weighted by atomic mass is 10.2. The van der Waals surface area contributed by atoms with E-state index >= 15 is 0 Å². The average Bonchev–Trinajstić information content (AvgIpc) is 2.40. The molecule has 0 bridgehead atoms. The smallest absolute Gasteiger partial charge is 0.352 e. The van der Waals surface area contributed by atoms with Crippen LogP contribution >= 0.6 is 15.9 Å². The number of anilines is 3. The summed E-state index contributed by atoms with van der Waals surface area (Å²) in [6, 6.07) is 6.29. The maximum Gasteiger partial charge on any atom is 0.433 e. The molecule has 0 fully saturated rings. The minimum atomic E-state index is -4.54. The van der Waals surface area contributed by atoms with Crippen molar-refractivity contribution in [2.24, 2.45) is 0 Å². The van der Waals surface area contributed by atoms with Gasteiger partial charge in [-0.05, 0) is 54.4 Å². The summed E-state index contributed by atoms with van der Waals surface area (Å²) in [6.45, 7) is 5.52. The third-order valence-corrected chi connectivity index (χ3v) is 3.48. The molecule has 0 spiro atoms. The molecule has 0 saturated heterocycles. The Morgan fingerprint density at radius 2 is 1.83 bits per heavy atom. The standard InChI is InChI=1S/C15H16BrF3N4/c1-8(2)20-14-22-12(15(17,18)19)7-13(23-14)21-11-5-4-9(3)6-10(11)16/h4-8H,1-3H3,(H2,20,21,22,23). The lowest BCUT2D eigenvalue weighted by Crippen LogP contribution is -2.17. The highest BCUT2D eigenvalue weighted by Gasteiger charge is 2.33. The van der Waals surface area contributed by atoms with Gasteiger partial charge in [-0.2, -0.15) is 18.2 Å². The fourth-order valence-corrected chi connectivity index (χ4v) is 2.43. The quantitative estimate of drug-likeness (QED) is 0.761. The monoisotopic (exact) mass is 388 g/mol. The molecular weight excluding hydrogens is 373 g/mol. The highest BCUT2D eigenvalue weighted by molar-refractivity contribution is 9.10. The molecule has 0 atom stereocenters. The fourth-order valence-electron chi connectivity index (χ4n) is 1.84. The van der Waals surface area contributed by atoms with Crippen molar-refractivity contribution in [2.75, 3.05) is 10.6 Å². The second kappa shape index (κ2) is 6.74. The zero-order valence-corrected chi connectivity index (χ0v) is 14.4. The molecule has 4 nitrogen and oxygen atoms in total. The maximum atomic E-state index is 13.0. The minimum Gasteiger partial charge on any atom is -0.352 e. The van der Waals surface area contributed by atoms with Crippen LogP contribution in [-0.4, -0.2) is 16.0 Å². The van der Waals surface area contributed by atoms with E-state index in [1.54, 1.807) is 19.9 Å². The van der Waals surface area contributed by atoms with Crippen molar-refractivity contribution in [3.8, 4) is 0 Å². The Kier molecular flexibility index (Phi) is 5.13. The number of aromatic nitrogens is 2. The van der Waals surface area contributed by atoms with Crippen LogP contribution in [0.2, 0.25) is 0 Å². The third kappa shape index (κ3) is 4.82. The van der Waals surface area contributed by atoms with Gasteiger partial charge in [0.1, 0.15) is 5.82 Å². The van der Waals surface area contributed by atoms with Gasteiger partial charge in [0.25, 0.3) is 0 Å². The van der Waals surface area contributed by atoms with Gasteiger partial charge in [-0.3, -0.25) is 0 Å². The Balaban J connectivity index is 2.40. The predicted octanol–water partition coefficient (Wildman–Crippen LogP) is 5.13. The number of benzene rings is 1. The van der Waals surface area contributed by atoms with Crippen LogP contribution in [0.15, 0.2) is 28.7 Å². The van der Waals surface area contributed by atoms with E-state index in [1.165, 1.54) is 0 Å². The summed E-state index contributed by atoms with van der Waals surface area (Å²) >= 11 is 3.38.